The molecule has 0 atom stereocenters. The number of para-hydroxylation sites is 2. The summed E-state index contributed by atoms with van der Waals surface area (Å²) < 4.78 is 0. The van der Waals surface area contributed by atoms with Crippen LogP contribution in [0, 0.1) is 0 Å². The van der Waals surface area contributed by atoms with Crippen LogP contribution in [0.3, 0.4) is 0 Å². The van der Waals surface area contributed by atoms with Crippen molar-refractivity contribution in [2.75, 3.05) is 49.9 Å². The van der Waals surface area contributed by atoms with Crippen LogP contribution in [-0.2, 0) is 0 Å². The Balaban J connectivity index is -0.00000225. The van der Waals surface area contributed by atoms with E-state index in [2.05, 4.69) is 81.9 Å². The molecule has 0 aliphatic carbocycles. The van der Waals surface area contributed by atoms with Gasteiger partial charge in [-0.05, 0) is 76.1 Å². The summed E-state index contributed by atoms with van der Waals surface area (Å²) in [7, 11) is 0. The molecule has 8 heteroatoms. The maximum atomic E-state index is 3.56. The third kappa shape index (κ3) is 21.4. The zero-order valence-electron chi connectivity index (χ0n) is 19.6. The molecule has 0 unspecified atom stereocenters. The largest absolute Gasteiger partial charge is 0.385 e. The molecule has 2 aromatic carbocycles. The Kier molecular flexibility index (Phi) is 30.4. The average Bonchev–Trinajstić information content (AvgIpc) is 2.77. The van der Waals surface area contributed by atoms with E-state index in [9.17, 15) is 0 Å². The van der Waals surface area contributed by atoms with Crippen molar-refractivity contribution in [3.63, 3.8) is 0 Å². The maximum absolute atomic E-state index is 3.56. The Labute approximate surface area is 226 Å². The molecule has 0 heterocycles. The van der Waals surface area contributed by atoms with Crippen molar-refractivity contribution < 1.29 is 0 Å². The highest BCUT2D eigenvalue weighted by molar-refractivity contribution is 5.86. The van der Waals surface area contributed by atoms with Crippen LogP contribution in [0.2, 0.25) is 0 Å². The van der Waals surface area contributed by atoms with Crippen molar-refractivity contribution in [3.05, 3.63) is 60.7 Å². The van der Waals surface area contributed by atoms with Gasteiger partial charge in [-0.25, -0.2) is 0 Å². The smallest absolute Gasteiger partial charge is 0.0340 e. The molecule has 0 radical (unpaired) electrons. The van der Waals surface area contributed by atoms with Gasteiger partial charge in [-0.15, -0.1) is 49.6 Å². The standard InChI is InChI=1S/C25H40N4.4ClH/c1(2-10-18-26-20-12-22-28-24-14-6-4-7-15-24)3-11-19-27-21-13-23-29-25-16-8-5-9-17-25;;;;/h4-9,14-17,26-29H,1-3,10-13,18-23H2;4*1H. The lowest BCUT2D eigenvalue weighted by atomic mass is 10.1. The van der Waals surface area contributed by atoms with Crippen LogP contribution in [0.25, 0.3) is 0 Å². The molecule has 2 rings (SSSR count). The van der Waals surface area contributed by atoms with Gasteiger partial charge in [0.2, 0.25) is 0 Å². The predicted molar refractivity (Wildman–Crippen MR) is 157 cm³/mol. The van der Waals surface area contributed by atoms with E-state index >= 15 is 0 Å². The van der Waals surface area contributed by atoms with Crippen molar-refractivity contribution >= 4 is 61.0 Å². The van der Waals surface area contributed by atoms with Crippen LogP contribution in [-0.4, -0.2) is 39.3 Å². The molecular formula is C25H44Cl4N4. The van der Waals surface area contributed by atoms with Crippen LogP contribution in [0.1, 0.15) is 44.9 Å². The zero-order valence-corrected chi connectivity index (χ0v) is 22.9. The minimum Gasteiger partial charge on any atom is -0.385 e. The molecule has 4 N–H and O–H groups in total. The summed E-state index contributed by atoms with van der Waals surface area (Å²) in [4.78, 5) is 0. The fraction of sp³-hybridized carbons (Fsp3) is 0.520. The Bertz CT molecular complexity index is 552. The summed E-state index contributed by atoms with van der Waals surface area (Å²) >= 11 is 0. The second-order valence-corrected chi connectivity index (χ2v) is 7.56. The topological polar surface area (TPSA) is 48.1 Å². The van der Waals surface area contributed by atoms with Gasteiger partial charge in [0.15, 0.2) is 0 Å². The van der Waals surface area contributed by atoms with Gasteiger partial charge in [-0.1, -0.05) is 55.7 Å². The fourth-order valence-electron chi connectivity index (χ4n) is 3.28. The molecule has 0 fully saturated rings. The van der Waals surface area contributed by atoms with Crippen molar-refractivity contribution in [1.29, 1.82) is 0 Å². The molecule has 0 aromatic heterocycles. The molecular weight excluding hydrogens is 498 g/mol. The summed E-state index contributed by atoms with van der Waals surface area (Å²) in [5, 5.41) is 14.0. The van der Waals surface area contributed by atoms with Crippen LogP contribution < -0.4 is 21.3 Å². The molecule has 0 aliphatic heterocycles. The van der Waals surface area contributed by atoms with Gasteiger partial charge in [0.1, 0.15) is 0 Å². The van der Waals surface area contributed by atoms with Gasteiger partial charge >= 0.3 is 0 Å². The van der Waals surface area contributed by atoms with Crippen molar-refractivity contribution in [1.82, 2.24) is 10.6 Å². The molecule has 0 saturated carbocycles. The van der Waals surface area contributed by atoms with Gasteiger partial charge < -0.3 is 21.3 Å². The number of benzene rings is 2. The summed E-state index contributed by atoms with van der Waals surface area (Å²) in [5.41, 5.74) is 2.43. The maximum Gasteiger partial charge on any atom is 0.0340 e. The normalized spacial score (nSPS) is 9.45. The highest BCUT2D eigenvalue weighted by Crippen LogP contribution is 2.05. The number of halogens is 4. The van der Waals surface area contributed by atoms with E-state index in [4.69, 9.17) is 0 Å². The summed E-state index contributed by atoms with van der Waals surface area (Å²) in [5.74, 6) is 0. The summed E-state index contributed by atoms with van der Waals surface area (Å²) in [6.45, 7) is 6.57. The van der Waals surface area contributed by atoms with Gasteiger partial charge in [-0.2, -0.15) is 0 Å². The first-order valence-electron chi connectivity index (χ1n) is 11.4. The predicted octanol–water partition coefficient (Wildman–Crippen LogP) is 6.81. The van der Waals surface area contributed by atoms with Gasteiger partial charge in [0.25, 0.3) is 0 Å². The van der Waals surface area contributed by atoms with Gasteiger partial charge in [-0.3, -0.25) is 0 Å². The van der Waals surface area contributed by atoms with Crippen molar-refractivity contribution in [3.8, 4) is 0 Å². The average molecular weight is 542 g/mol. The first-order valence-corrected chi connectivity index (χ1v) is 11.4. The highest BCUT2D eigenvalue weighted by atomic mass is 35.5. The molecule has 192 valence electrons. The highest BCUT2D eigenvalue weighted by Gasteiger charge is 1.94. The Morgan fingerprint density at radius 2 is 0.697 bits per heavy atom. The summed E-state index contributed by atoms with van der Waals surface area (Å²) in [6.07, 6.45) is 8.97. The second kappa shape index (κ2) is 27.4. The number of anilines is 2. The third-order valence-corrected chi connectivity index (χ3v) is 4.97. The number of nitrogens with one attached hydrogen (secondary N) is 4. The molecule has 0 saturated heterocycles. The first-order chi connectivity index (χ1) is 14.4. The van der Waals surface area contributed by atoms with Gasteiger partial charge in [0.05, 0.1) is 0 Å². The molecule has 0 aliphatic rings. The van der Waals surface area contributed by atoms with E-state index in [-0.39, 0.29) is 49.6 Å². The Hall–Kier alpha value is -0.880. The molecule has 2 aromatic rings. The van der Waals surface area contributed by atoms with E-state index in [1.165, 1.54) is 56.3 Å². The second-order valence-electron chi connectivity index (χ2n) is 7.56. The van der Waals surface area contributed by atoms with Crippen LogP contribution in [0.4, 0.5) is 11.4 Å². The lowest BCUT2D eigenvalue weighted by Gasteiger charge is -2.08. The lowest BCUT2D eigenvalue weighted by molar-refractivity contribution is 0.552. The van der Waals surface area contributed by atoms with Gasteiger partial charge in [0, 0.05) is 24.5 Å². The number of hydrogen-bond acceptors (Lipinski definition) is 4. The third-order valence-electron chi connectivity index (χ3n) is 4.97. The number of unbranched alkanes of at least 4 members (excludes halogenated alkanes) is 4. The molecule has 0 spiro atoms. The molecule has 4 nitrogen and oxygen atoms in total. The first kappa shape index (κ1) is 36.7. The minimum atomic E-state index is 0. The van der Waals surface area contributed by atoms with E-state index in [0.29, 0.717) is 0 Å². The van der Waals surface area contributed by atoms with Crippen LogP contribution >= 0.6 is 49.6 Å². The number of hydrogen-bond donors (Lipinski definition) is 4. The quantitative estimate of drug-likeness (QED) is 0.157. The van der Waals surface area contributed by atoms with Crippen molar-refractivity contribution in [2.24, 2.45) is 0 Å². The van der Waals surface area contributed by atoms with Crippen molar-refractivity contribution in [2.45, 2.75) is 44.9 Å². The zero-order chi connectivity index (χ0) is 20.2. The molecule has 0 amide bonds. The van der Waals surface area contributed by atoms with E-state index in [0.717, 1.165) is 39.3 Å². The lowest BCUT2D eigenvalue weighted by Crippen LogP contribution is -2.19. The van der Waals surface area contributed by atoms with E-state index in [1.807, 2.05) is 0 Å². The Morgan fingerprint density at radius 1 is 0.364 bits per heavy atom. The van der Waals surface area contributed by atoms with Crippen LogP contribution in [0.15, 0.2) is 60.7 Å². The number of rotatable bonds is 18. The van der Waals surface area contributed by atoms with E-state index in [1.54, 1.807) is 0 Å². The SMILES string of the molecule is Cl.Cl.Cl.Cl.c1ccc(NCCCNCCCCCCCNCCCNc2ccccc2)cc1. The summed E-state index contributed by atoms with van der Waals surface area (Å²) in [6, 6.07) is 20.9. The Morgan fingerprint density at radius 3 is 1.09 bits per heavy atom. The van der Waals surface area contributed by atoms with E-state index < -0.39 is 0 Å². The monoisotopic (exact) mass is 540 g/mol. The fourth-order valence-corrected chi connectivity index (χ4v) is 3.28. The molecule has 0 bridgehead atoms. The minimum absolute atomic E-state index is 0. The molecule has 33 heavy (non-hydrogen) atoms. The van der Waals surface area contributed by atoms with Crippen LogP contribution in [0.5, 0.6) is 0 Å².